The largest absolute Gasteiger partial charge is 0.379 e. The van der Waals surface area contributed by atoms with Crippen LogP contribution in [0.3, 0.4) is 0 Å². The van der Waals surface area contributed by atoms with E-state index in [1.807, 2.05) is 23.1 Å². The van der Waals surface area contributed by atoms with E-state index in [2.05, 4.69) is 42.8 Å². The molecular weight excluding hydrogens is 332 g/mol. The number of H-pyrrole nitrogens is 1. The van der Waals surface area contributed by atoms with Crippen molar-refractivity contribution in [2.45, 2.75) is 38.3 Å². The summed E-state index contributed by atoms with van der Waals surface area (Å²) in [7, 11) is 0. The smallest absolute Gasteiger partial charge is 0.232 e. The number of aromatic amines is 1. The lowest BCUT2D eigenvalue weighted by molar-refractivity contribution is 0.184. The van der Waals surface area contributed by atoms with Crippen LogP contribution in [0.25, 0.3) is 11.0 Å². The van der Waals surface area contributed by atoms with Gasteiger partial charge in [-0.15, -0.1) is 5.10 Å². The molecule has 26 heavy (non-hydrogen) atoms. The van der Waals surface area contributed by atoms with Crippen LogP contribution in [0.15, 0.2) is 18.5 Å². The van der Waals surface area contributed by atoms with E-state index >= 15 is 0 Å². The molecule has 5 rings (SSSR count). The summed E-state index contributed by atoms with van der Waals surface area (Å²) >= 11 is 0. The lowest BCUT2D eigenvalue weighted by Crippen LogP contribution is -2.18. The Kier molecular flexibility index (Phi) is 3.74. The quantitative estimate of drug-likeness (QED) is 0.624. The molecule has 0 radical (unpaired) electrons. The Morgan fingerprint density at radius 3 is 3.04 bits per heavy atom. The maximum Gasteiger partial charge on any atom is 0.232 e. The van der Waals surface area contributed by atoms with Crippen molar-refractivity contribution in [1.29, 1.82) is 0 Å². The molecule has 2 aliphatic rings. The summed E-state index contributed by atoms with van der Waals surface area (Å²) in [5, 5.41) is 16.1. The third kappa shape index (κ3) is 2.98. The summed E-state index contributed by atoms with van der Waals surface area (Å²) < 4.78 is 7.25. The Morgan fingerprint density at radius 2 is 2.23 bits per heavy atom. The number of fused-ring (bicyclic) bond motifs is 1. The molecule has 1 aliphatic carbocycles. The third-order valence-electron chi connectivity index (χ3n) is 5.14. The first-order valence-electron chi connectivity index (χ1n) is 9.14. The highest BCUT2D eigenvalue weighted by atomic mass is 16.5. The molecule has 0 bridgehead atoms. The first-order valence-corrected chi connectivity index (χ1v) is 9.14. The molecule has 3 aromatic rings. The molecule has 0 amide bonds. The second-order valence-corrected chi connectivity index (χ2v) is 7.13. The van der Waals surface area contributed by atoms with Gasteiger partial charge in [-0.05, 0) is 38.2 Å². The van der Waals surface area contributed by atoms with Crippen LogP contribution in [0.2, 0.25) is 0 Å². The van der Waals surface area contributed by atoms with Crippen LogP contribution < -0.4 is 10.6 Å². The maximum absolute atomic E-state index is 5.41. The maximum atomic E-state index is 5.41. The summed E-state index contributed by atoms with van der Waals surface area (Å²) in [4.78, 5) is 12.4. The number of anilines is 3. The topological polar surface area (TPSA) is 106 Å². The van der Waals surface area contributed by atoms with Gasteiger partial charge >= 0.3 is 0 Å². The molecule has 2 fully saturated rings. The Labute approximate surface area is 150 Å². The van der Waals surface area contributed by atoms with Crippen molar-refractivity contribution in [2.75, 3.05) is 23.8 Å². The third-order valence-corrected chi connectivity index (χ3v) is 5.14. The Balaban J connectivity index is 1.39. The normalized spacial score (nSPS) is 21.2. The van der Waals surface area contributed by atoms with Crippen molar-refractivity contribution < 1.29 is 4.74 Å². The number of hydrogen-bond acceptors (Lipinski definition) is 7. The molecule has 136 valence electrons. The van der Waals surface area contributed by atoms with Crippen molar-refractivity contribution in [2.24, 2.45) is 5.92 Å². The minimum absolute atomic E-state index is 0.251. The minimum Gasteiger partial charge on any atom is -0.379 e. The first-order chi connectivity index (χ1) is 12.8. The van der Waals surface area contributed by atoms with Crippen LogP contribution in [0.5, 0.6) is 0 Å². The van der Waals surface area contributed by atoms with Gasteiger partial charge in [0.2, 0.25) is 5.95 Å². The average Bonchev–Trinajstić information content (AvgIpc) is 3.05. The van der Waals surface area contributed by atoms with E-state index < -0.39 is 0 Å². The van der Waals surface area contributed by atoms with Gasteiger partial charge in [-0.2, -0.15) is 9.97 Å². The van der Waals surface area contributed by atoms with E-state index in [9.17, 15) is 0 Å². The average molecular weight is 354 g/mol. The van der Waals surface area contributed by atoms with Crippen LogP contribution in [0.1, 0.15) is 32.2 Å². The molecule has 9 nitrogen and oxygen atoms in total. The molecule has 1 saturated heterocycles. The van der Waals surface area contributed by atoms with Crippen molar-refractivity contribution in [1.82, 2.24) is 29.9 Å². The van der Waals surface area contributed by atoms with Gasteiger partial charge in [0.25, 0.3) is 0 Å². The van der Waals surface area contributed by atoms with Gasteiger partial charge in [0, 0.05) is 18.8 Å². The van der Waals surface area contributed by atoms with E-state index in [4.69, 9.17) is 4.74 Å². The molecule has 4 heterocycles. The van der Waals surface area contributed by atoms with Crippen LogP contribution >= 0.6 is 0 Å². The number of rotatable bonds is 6. The Hall–Kier alpha value is -2.68. The van der Waals surface area contributed by atoms with Gasteiger partial charge < -0.3 is 20.4 Å². The van der Waals surface area contributed by atoms with Crippen LogP contribution in [-0.4, -0.2) is 49.2 Å². The highest BCUT2D eigenvalue weighted by Crippen LogP contribution is 2.35. The van der Waals surface area contributed by atoms with Crippen molar-refractivity contribution in [3.05, 3.63) is 18.5 Å². The standard InChI is InChI=1S/C17H22N8O/c1-10(11-2-3-11)19-16-13-4-6-18-15(13)21-17(22-16)20-14-8-25(24-23-14)12-5-7-26-9-12/h4,6,8,10-12H,2-3,5,7,9H2,1H3,(H3,18,19,20,21,22)/t10-,12?/m0/s1. The molecule has 1 saturated carbocycles. The lowest BCUT2D eigenvalue weighted by Gasteiger charge is -2.15. The SMILES string of the molecule is C[C@H](Nc1nc(Nc2cn(C3CCOC3)nn2)nc2[nH]ccc12)C1CC1. The highest BCUT2D eigenvalue weighted by molar-refractivity contribution is 5.88. The first kappa shape index (κ1) is 15.6. The number of nitrogens with zero attached hydrogens (tertiary/aromatic N) is 5. The summed E-state index contributed by atoms with van der Waals surface area (Å²) in [5.41, 5.74) is 0.796. The van der Waals surface area contributed by atoms with E-state index in [0.717, 1.165) is 35.8 Å². The summed E-state index contributed by atoms with van der Waals surface area (Å²) in [6, 6.07) is 2.65. The van der Waals surface area contributed by atoms with Crippen LogP contribution in [0.4, 0.5) is 17.6 Å². The second kappa shape index (κ2) is 6.24. The molecule has 1 aliphatic heterocycles. The number of aromatic nitrogens is 6. The Morgan fingerprint density at radius 1 is 1.31 bits per heavy atom. The fourth-order valence-electron chi connectivity index (χ4n) is 3.39. The van der Waals surface area contributed by atoms with Crippen molar-refractivity contribution in [3.8, 4) is 0 Å². The number of ether oxygens (including phenoxy) is 1. The van der Waals surface area contributed by atoms with Crippen LogP contribution in [-0.2, 0) is 4.74 Å². The van der Waals surface area contributed by atoms with Gasteiger partial charge in [0.15, 0.2) is 5.82 Å². The van der Waals surface area contributed by atoms with Gasteiger partial charge in [-0.1, -0.05) is 5.21 Å². The monoisotopic (exact) mass is 354 g/mol. The number of nitrogens with one attached hydrogen (secondary N) is 3. The predicted molar refractivity (Wildman–Crippen MR) is 97.5 cm³/mol. The molecule has 0 aromatic carbocycles. The summed E-state index contributed by atoms with van der Waals surface area (Å²) in [6.45, 7) is 3.66. The molecular formula is C17H22N8O. The number of hydrogen-bond donors (Lipinski definition) is 3. The molecule has 3 aromatic heterocycles. The van der Waals surface area contributed by atoms with E-state index in [-0.39, 0.29) is 6.04 Å². The fraction of sp³-hybridized carbons (Fsp3) is 0.529. The zero-order valence-corrected chi connectivity index (χ0v) is 14.6. The van der Waals surface area contributed by atoms with E-state index in [1.165, 1.54) is 12.8 Å². The predicted octanol–water partition coefficient (Wildman–Crippen LogP) is 2.46. The zero-order chi connectivity index (χ0) is 17.5. The van der Waals surface area contributed by atoms with Crippen LogP contribution in [0, 0.1) is 5.92 Å². The zero-order valence-electron chi connectivity index (χ0n) is 14.6. The minimum atomic E-state index is 0.251. The Bertz CT molecular complexity index is 909. The fourth-order valence-corrected chi connectivity index (χ4v) is 3.39. The molecule has 9 heteroatoms. The van der Waals surface area contributed by atoms with Gasteiger partial charge in [-0.25, -0.2) is 4.68 Å². The molecule has 2 atom stereocenters. The molecule has 3 N–H and O–H groups in total. The van der Waals surface area contributed by atoms with Gasteiger partial charge in [-0.3, -0.25) is 0 Å². The second-order valence-electron chi connectivity index (χ2n) is 7.13. The van der Waals surface area contributed by atoms with Gasteiger partial charge in [0.1, 0.15) is 11.5 Å². The molecule has 0 spiro atoms. The van der Waals surface area contributed by atoms with E-state index in [1.54, 1.807) is 0 Å². The van der Waals surface area contributed by atoms with E-state index in [0.29, 0.717) is 24.4 Å². The summed E-state index contributed by atoms with van der Waals surface area (Å²) in [6.07, 6.45) is 7.29. The van der Waals surface area contributed by atoms with Crippen molar-refractivity contribution in [3.63, 3.8) is 0 Å². The highest BCUT2D eigenvalue weighted by Gasteiger charge is 2.28. The molecule has 1 unspecified atom stereocenters. The summed E-state index contributed by atoms with van der Waals surface area (Å²) in [5.74, 6) is 2.71. The van der Waals surface area contributed by atoms with Crippen molar-refractivity contribution >= 4 is 28.6 Å². The lowest BCUT2D eigenvalue weighted by atomic mass is 10.2. The van der Waals surface area contributed by atoms with Gasteiger partial charge in [0.05, 0.1) is 24.2 Å².